The molecule has 4 nitrogen and oxygen atoms in total. The number of methoxy groups -OCH3 is 1. The Morgan fingerprint density at radius 1 is 1.11 bits per heavy atom. The molecule has 0 aromatic heterocycles. The second-order valence-electron chi connectivity index (χ2n) is 7.27. The largest absolute Gasteiger partial charge is 0.492 e. The predicted molar refractivity (Wildman–Crippen MR) is 105 cm³/mol. The zero-order chi connectivity index (χ0) is 19.1. The summed E-state index contributed by atoms with van der Waals surface area (Å²) in [6.45, 7) is 0.621. The van der Waals surface area contributed by atoms with Gasteiger partial charge in [-0.3, -0.25) is 0 Å². The van der Waals surface area contributed by atoms with E-state index in [9.17, 15) is 9.90 Å². The van der Waals surface area contributed by atoms with Gasteiger partial charge in [0.2, 0.25) is 0 Å². The fraction of sp³-hybridized carbons (Fsp3) is 0.435. The van der Waals surface area contributed by atoms with Crippen LogP contribution in [-0.4, -0.2) is 24.8 Å². The normalized spacial score (nSPS) is 15.9. The molecule has 144 valence electrons. The van der Waals surface area contributed by atoms with Crippen molar-refractivity contribution in [3.63, 3.8) is 0 Å². The Labute approximate surface area is 161 Å². The minimum atomic E-state index is -0.691. The number of aliphatic hydroxyl groups excluding tert-OH is 1. The number of ether oxygens (including phenoxy) is 2. The van der Waals surface area contributed by atoms with E-state index in [4.69, 9.17) is 9.47 Å². The molecule has 1 saturated carbocycles. The lowest BCUT2D eigenvalue weighted by Crippen LogP contribution is -2.17. The minimum absolute atomic E-state index is 0.373. The Balaban J connectivity index is 1.73. The molecule has 2 aromatic carbocycles. The Hall–Kier alpha value is -2.33. The van der Waals surface area contributed by atoms with Crippen LogP contribution >= 0.6 is 0 Å². The van der Waals surface area contributed by atoms with E-state index in [-0.39, 0.29) is 0 Å². The van der Waals surface area contributed by atoms with Gasteiger partial charge in [-0.05, 0) is 42.0 Å². The summed E-state index contributed by atoms with van der Waals surface area (Å²) < 4.78 is 10.9. The van der Waals surface area contributed by atoms with Gasteiger partial charge in [-0.2, -0.15) is 0 Å². The Morgan fingerprint density at radius 3 is 2.56 bits per heavy atom. The van der Waals surface area contributed by atoms with Gasteiger partial charge in [0, 0.05) is 6.42 Å². The first-order valence-corrected chi connectivity index (χ1v) is 9.74. The highest BCUT2D eigenvalue weighted by atomic mass is 16.5. The van der Waals surface area contributed by atoms with Crippen LogP contribution in [0.5, 0.6) is 5.75 Å². The Morgan fingerprint density at radius 2 is 1.85 bits per heavy atom. The first kappa shape index (κ1) is 19.4. The maximum Gasteiger partial charge on any atom is 0.341 e. The van der Waals surface area contributed by atoms with Gasteiger partial charge in [0.25, 0.3) is 0 Å². The van der Waals surface area contributed by atoms with Crippen molar-refractivity contribution in [1.29, 1.82) is 0 Å². The number of hydrogen-bond acceptors (Lipinski definition) is 4. The third-order valence-electron chi connectivity index (χ3n) is 5.26. The van der Waals surface area contributed by atoms with Crippen molar-refractivity contribution in [3.05, 3.63) is 65.2 Å². The van der Waals surface area contributed by atoms with Crippen LogP contribution in [0, 0.1) is 5.92 Å². The molecule has 1 fully saturated rings. The summed E-state index contributed by atoms with van der Waals surface area (Å²) in [5, 5.41) is 10.6. The van der Waals surface area contributed by atoms with E-state index in [2.05, 4.69) is 0 Å². The third-order valence-corrected chi connectivity index (χ3v) is 5.26. The fourth-order valence-electron chi connectivity index (χ4n) is 3.67. The highest BCUT2D eigenvalue weighted by molar-refractivity contribution is 5.92. The number of carbonyl (C=O) groups excluding carboxylic acids is 1. The molecule has 3 rings (SSSR count). The summed E-state index contributed by atoms with van der Waals surface area (Å²) >= 11 is 0. The summed E-state index contributed by atoms with van der Waals surface area (Å²) in [5.74, 6) is 0.637. The lowest BCUT2D eigenvalue weighted by atomic mass is 9.90. The van der Waals surface area contributed by atoms with Gasteiger partial charge >= 0.3 is 5.97 Å². The van der Waals surface area contributed by atoms with Gasteiger partial charge < -0.3 is 14.6 Å². The summed E-state index contributed by atoms with van der Waals surface area (Å²) in [6.07, 6.45) is 5.97. The first-order chi connectivity index (χ1) is 13.2. The quantitative estimate of drug-likeness (QED) is 0.719. The number of benzene rings is 2. The molecule has 0 spiro atoms. The molecule has 0 bridgehead atoms. The second-order valence-corrected chi connectivity index (χ2v) is 7.27. The monoisotopic (exact) mass is 368 g/mol. The van der Waals surface area contributed by atoms with E-state index in [1.54, 1.807) is 12.1 Å². The summed E-state index contributed by atoms with van der Waals surface area (Å²) in [7, 11) is 1.36. The molecule has 0 amide bonds. The van der Waals surface area contributed by atoms with Crippen molar-refractivity contribution in [1.82, 2.24) is 0 Å². The molecule has 1 aliphatic carbocycles. The van der Waals surface area contributed by atoms with E-state index >= 15 is 0 Å². The van der Waals surface area contributed by atoms with Gasteiger partial charge in [-0.25, -0.2) is 4.79 Å². The van der Waals surface area contributed by atoms with Crippen LogP contribution in [0.4, 0.5) is 0 Å². The van der Waals surface area contributed by atoms with Crippen molar-refractivity contribution in [2.24, 2.45) is 5.92 Å². The standard InChI is InChI=1S/C23H28O4/c1-26-23(25)20-15-19(21(24)14-17-8-4-2-5-9-17)12-13-22(20)27-16-18-10-6-3-7-11-18/h2,4-5,8-9,12-13,15,18,21,24H,3,6-7,10-11,14,16H2,1H3. The summed E-state index contributed by atoms with van der Waals surface area (Å²) in [4.78, 5) is 12.2. The molecule has 0 aliphatic heterocycles. The van der Waals surface area contributed by atoms with Crippen LogP contribution in [0.25, 0.3) is 0 Å². The van der Waals surface area contributed by atoms with E-state index in [1.165, 1.54) is 39.2 Å². The van der Waals surface area contributed by atoms with Crippen molar-refractivity contribution in [2.75, 3.05) is 13.7 Å². The number of hydrogen-bond donors (Lipinski definition) is 1. The van der Waals surface area contributed by atoms with Crippen molar-refractivity contribution < 1.29 is 19.4 Å². The van der Waals surface area contributed by atoms with Gasteiger partial charge in [-0.1, -0.05) is 55.7 Å². The molecule has 1 N–H and O–H groups in total. The lowest BCUT2D eigenvalue weighted by Gasteiger charge is -2.22. The van der Waals surface area contributed by atoms with E-state index in [0.29, 0.717) is 35.8 Å². The van der Waals surface area contributed by atoms with Crippen molar-refractivity contribution >= 4 is 5.97 Å². The summed E-state index contributed by atoms with van der Waals surface area (Å²) in [5.41, 5.74) is 2.10. The first-order valence-electron chi connectivity index (χ1n) is 9.74. The van der Waals surface area contributed by atoms with Gasteiger partial charge in [0.05, 0.1) is 19.8 Å². The van der Waals surface area contributed by atoms with Crippen LogP contribution in [0.15, 0.2) is 48.5 Å². The second kappa shape index (κ2) is 9.56. The number of rotatable bonds is 7. The summed E-state index contributed by atoms with van der Waals surface area (Å²) in [6, 6.07) is 15.1. The zero-order valence-corrected chi connectivity index (χ0v) is 15.9. The van der Waals surface area contributed by atoms with Crippen LogP contribution < -0.4 is 4.74 Å². The Bertz CT molecular complexity index is 735. The topological polar surface area (TPSA) is 55.8 Å². The van der Waals surface area contributed by atoms with Gasteiger partial charge in [0.15, 0.2) is 0 Å². The fourth-order valence-corrected chi connectivity index (χ4v) is 3.67. The van der Waals surface area contributed by atoms with E-state index in [1.807, 2.05) is 36.4 Å². The van der Waals surface area contributed by atoms with E-state index < -0.39 is 12.1 Å². The molecule has 1 atom stereocenters. The molecule has 2 aromatic rings. The minimum Gasteiger partial charge on any atom is -0.492 e. The highest BCUT2D eigenvalue weighted by Crippen LogP contribution is 2.29. The molecular weight excluding hydrogens is 340 g/mol. The van der Waals surface area contributed by atoms with E-state index in [0.717, 1.165) is 5.56 Å². The zero-order valence-electron chi connectivity index (χ0n) is 15.9. The number of carbonyl (C=O) groups is 1. The highest BCUT2D eigenvalue weighted by Gasteiger charge is 2.20. The SMILES string of the molecule is COC(=O)c1cc(C(O)Cc2ccccc2)ccc1OCC1CCCCC1. The van der Waals surface area contributed by atoms with Crippen molar-refractivity contribution in [3.8, 4) is 5.75 Å². The van der Waals surface area contributed by atoms with Crippen LogP contribution in [0.3, 0.4) is 0 Å². The average molecular weight is 368 g/mol. The molecule has 0 radical (unpaired) electrons. The van der Waals surface area contributed by atoms with Crippen LogP contribution in [0.2, 0.25) is 0 Å². The van der Waals surface area contributed by atoms with Crippen LogP contribution in [-0.2, 0) is 11.2 Å². The van der Waals surface area contributed by atoms with Gasteiger partial charge in [-0.15, -0.1) is 0 Å². The molecule has 27 heavy (non-hydrogen) atoms. The molecule has 1 aliphatic rings. The third kappa shape index (κ3) is 5.33. The molecule has 0 heterocycles. The van der Waals surface area contributed by atoms with Crippen molar-refractivity contribution in [2.45, 2.75) is 44.6 Å². The smallest absolute Gasteiger partial charge is 0.341 e. The Kier molecular flexibility index (Phi) is 6.88. The average Bonchev–Trinajstić information content (AvgIpc) is 2.73. The number of aliphatic hydroxyl groups is 1. The maximum atomic E-state index is 12.2. The van der Waals surface area contributed by atoms with Crippen LogP contribution in [0.1, 0.15) is 59.7 Å². The van der Waals surface area contributed by atoms with Gasteiger partial charge in [0.1, 0.15) is 11.3 Å². The number of esters is 1. The molecule has 0 saturated heterocycles. The molecule has 1 unspecified atom stereocenters. The lowest BCUT2D eigenvalue weighted by molar-refractivity contribution is 0.0594. The maximum absolute atomic E-state index is 12.2. The molecule has 4 heteroatoms. The predicted octanol–water partition coefficient (Wildman–Crippen LogP) is 4.71. The molecular formula is C23H28O4.